The normalized spacial score (nSPS) is 11.1. The van der Waals surface area contributed by atoms with Crippen LogP contribution >= 0.6 is 0 Å². The summed E-state index contributed by atoms with van der Waals surface area (Å²) in [5.74, 6) is 0.969. The van der Waals surface area contributed by atoms with Crippen LogP contribution in [-0.4, -0.2) is 24.7 Å². The highest BCUT2D eigenvalue weighted by atomic mass is 16.3. The van der Waals surface area contributed by atoms with E-state index in [1.807, 2.05) is 6.92 Å². The Bertz CT molecular complexity index is 1090. The van der Waals surface area contributed by atoms with Gasteiger partial charge in [-0.05, 0) is 54.4 Å². The molecule has 2 aliphatic rings. The molecule has 2 heterocycles. The molecule has 0 saturated heterocycles. The van der Waals surface area contributed by atoms with Crippen LogP contribution < -0.4 is 5.56 Å². The van der Waals surface area contributed by atoms with Crippen molar-refractivity contribution in [1.82, 2.24) is 14.5 Å². The summed E-state index contributed by atoms with van der Waals surface area (Å²) in [5, 5.41) is 18.8. The molecule has 0 amide bonds. The van der Waals surface area contributed by atoms with Crippen molar-refractivity contribution < 1.29 is 10.2 Å². The van der Waals surface area contributed by atoms with E-state index in [2.05, 4.69) is 9.97 Å². The van der Waals surface area contributed by atoms with Crippen molar-refractivity contribution in [3.8, 4) is 28.6 Å². The van der Waals surface area contributed by atoms with Gasteiger partial charge in [-0.3, -0.25) is 9.36 Å². The van der Waals surface area contributed by atoms with Gasteiger partial charge in [0, 0.05) is 12.6 Å². The molecule has 4 rings (SSSR count). The lowest BCUT2D eigenvalue weighted by molar-refractivity contribution is 0.474. The highest BCUT2D eigenvalue weighted by molar-refractivity contribution is 5.60. The SMILES string of the molecule is Cc1[nH]c(-c2ccc(O)cc2)cn2c(=O)c(Cc3ccc(O)cc3)nc1-2. The van der Waals surface area contributed by atoms with E-state index >= 15 is 0 Å². The number of phenolic OH excluding ortho intramolecular Hbond substituents is 2. The Kier molecular flexibility index (Phi) is 3.73. The maximum absolute atomic E-state index is 12.8. The minimum Gasteiger partial charge on any atom is -0.508 e. The smallest absolute Gasteiger partial charge is 0.278 e. The zero-order valence-electron chi connectivity index (χ0n) is 14.1. The largest absolute Gasteiger partial charge is 0.508 e. The number of imidazole rings is 1. The summed E-state index contributed by atoms with van der Waals surface area (Å²) in [7, 11) is 0. The van der Waals surface area contributed by atoms with Crippen LogP contribution in [0.1, 0.15) is 17.0 Å². The molecular weight excluding hydrogens is 330 g/mol. The molecule has 0 aromatic heterocycles. The first-order valence-corrected chi connectivity index (χ1v) is 8.19. The van der Waals surface area contributed by atoms with Crippen LogP contribution in [0.2, 0.25) is 0 Å². The molecule has 0 atom stereocenters. The fraction of sp³-hybridized carbons (Fsp3) is 0.100. The number of hydrogen-bond acceptors (Lipinski definition) is 4. The molecule has 2 aromatic rings. The zero-order valence-corrected chi connectivity index (χ0v) is 14.1. The van der Waals surface area contributed by atoms with Crippen molar-refractivity contribution in [3.63, 3.8) is 0 Å². The third-order valence-electron chi connectivity index (χ3n) is 4.34. The van der Waals surface area contributed by atoms with E-state index in [0.717, 1.165) is 22.5 Å². The van der Waals surface area contributed by atoms with Gasteiger partial charge in [0.1, 0.15) is 17.2 Å². The Hall–Kier alpha value is -3.54. The molecule has 26 heavy (non-hydrogen) atoms. The summed E-state index contributed by atoms with van der Waals surface area (Å²) < 4.78 is 1.55. The van der Waals surface area contributed by atoms with E-state index in [1.54, 1.807) is 59.3 Å². The topological polar surface area (TPSA) is 91.1 Å². The van der Waals surface area contributed by atoms with Gasteiger partial charge in [-0.1, -0.05) is 12.1 Å². The van der Waals surface area contributed by atoms with Crippen LogP contribution in [-0.2, 0) is 6.42 Å². The van der Waals surface area contributed by atoms with Crippen LogP contribution in [0.15, 0.2) is 59.5 Å². The molecule has 0 unspecified atom stereocenters. The van der Waals surface area contributed by atoms with E-state index in [-0.39, 0.29) is 17.1 Å². The van der Waals surface area contributed by atoms with E-state index < -0.39 is 0 Å². The van der Waals surface area contributed by atoms with Crippen molar-refractivity contribution in [2.24, 2.45) is 0 Å². The molecule has 130 valence electrons. The standard InChI is InChI=1S/C20H17N3O3/c1-12-19-22-17(10-13-2-6-15(24)7-3-13)20(26)23(19)11-18(21-12)14-4-8-16(25)9-5-14/h2-9,11,21,24-25H,10H2,1H3. The number of fused-ring (bicyclic) bond motifs is 1. The number of nitrogens with one attached hydrogen (secondary N) is 1. The molecule has 0 bridgehead atoms. The van der Waals surface area contributed by atoms with Crippen LogP contribution in [0, 0.1) is 6.92 Å². The fourth-order valence-electron chi connectivity index (χ4n) is 2.98. The number of nitrogens with zero attached hydrogens (tertiary/aromatic N) is 2. The van der Waals surface area contributed by atoms with E-state index in [9.17, 15) is 15.0 Å². The lowest BCUT2D eigenvalue weighted by atomic mass is 10.1. The molecule has 6 nitrogen and oxygen atoms in total. The van der Waals surface area contributed by atoms with E-state index in [4.69, 9.17) is 0 Å². The van der Waals surface area contributed by atoms with Gasteiger partial charge < -0.3 is 15.2 Å². The Labute approximate surface area is 149 Å². The molecule has 0 saturated carbocycles. The second-order valence-corrected chi connectivity index (χ2v) is 6.24. The van der Waals surface area contributed by atoms with Crippen molar-refractivity contribution in [2.45, 2.75) is 13.3 Å². The lowest BCUT2D eigenvalue weighted by Gasteiger charge is -2.10. The molecule has 2 aromatic carbocycles. The summed E-state index contributed by atoms with van der Waals surface area (Å²) in [5.41, 5.74) is 3.61. The second-order valence-electron chi connectivity index (χ2n) is 6.24. The second kappa shape index (κ2) is 6.07. The Morgan fingerprint density at radius 3 is 2.27 bits per heavy atom. The number of aromatic nitrogens is 3. The monoisotopic (exact) mass is 347 g/mol. The maximum atomic E-state index is 12.8. The lowest BCUT2D eigenvalue weighted by Crippen LogP contribution is -2.16. The van der Waals surface area contributed by atoms with Gasteiger partial charge in [-0.25, -0.2) is 4.98 Å². The van der Waals surface area contributed by atoms with Crippen LogP contribution in [0.25, 0.3) is 17.1 Å². The highest BCUT2D eigenvalue weighted by Gasteiger charge is 2.18. The summed E-state index contributed by atoms with van der Waals surface area (Å²) in [6.07, 6.45) is 2.12. The van der Waals surface area contributed by atoms with Crippen molar-refractivity contribution in [2.75, 3.05) is 0 Å². The Morgan fingerprint density at radius 2 is 1.62 bits per heavy atom. The third kappa shape index (κ3) is 2.82. The molecule has 0 radical (unpaired) electrons. The van der Waals surface area contributed by atoms with Crippen LogP contribution in [0.5, 0.6) is 11.5 Å². The molecular formula is C20H17N3O3. The van der Waals surface area contributed by atoms with Crippen molar-refractivity contribution in [3.05, 3.63) is 82.0 Å². The minimum atomic E-state index is -0.162. The number of rotatable bonds is 3. The van der Waals surface area contributed by atoms with Crippen LogP contribution in [0.3, 0.4) is 0 Å². The van der Waals surface area contributed by atoms with Gasteiger partial charge in [0.15, 0.2) is 5.82 Å². The quantitative estimate of drug-likeness (QED) is 0.531. The number of benzene rings is 2. The Balaban J connectivity index is 1.78. The van der Waals surface area contributed by atoms with E-state index in [0.29, 0.717) is 17.9 Å². The predicted octanol–water partition coefficient (Wildman–Crippen LogP) is 2.98. The molecule has 0 aliphatic carbocycles. The number of aromatic hydroxyl groups is 2. The number of aryl methyl sites for hydroxylation is 1. The molecule has 0 spiro atoms. The molecule has 6 heteroatoms. The molecule has 2 aliphatic heterocycles. The van der Waals surface area contributed by atoms with Gasteiger partial charge in [-0.2, -0.15) is 0 Å². The van der Waals surface area contributed by atoms with Gasteiger partial charge >= 0.3 is 0 Å². The minimum absolute atomic E-state index is 0.162. The van der Waals surface area contributed by atoms with Crippen molar-refractivity contribution >= 4 is 0 Å². The number of H-pyrrole nitrogens is 1. The third-order valence-corrected chi connectivity index (χ3v) is 4.34. The molecule has 3 N–H and O–H groups in total. The van der Waals surface area contributed by atoms with Gasteiger partial charge in [0.05, 0.1) is 11.4 Å². The number of phenols is 2. The van der Waals surface area contributed by atoms with E-state index in [1.165, 1.54) is 0 Å². The Morgan fingerprint density at radius 1 is 1.00 bits per heavy atom. The van der Waals surface area contributed by atoms with Crippen LogP contribution in [0.4, 0.5) is 0 Å². The van der Waals surface area contributed by atoms with Gasteiger partial charge in [0.2, 0.25) is 0 Å². The first-order chi connectivity index (χ1) is 12.5. The van der Waals surface area contributed by atoms with Crippen molar-refractivity contribution in [1.29, 1.82) is 0 Å². The fourth-order valence-corrected chi connectivity index (χ4v) is 2.98. The highest BCUT2D eigenvalue weighted by Crippen LogP contribution is 2.23. The summed E-state index contributed by atoms with van der Waals surface area (Å²) in [4.78, 5) is 20.5. The average molecular weight is 347 g/mol. The first-order valence-electron chi connectivity index (χ1n) is 8.19. The summed E-state index contributed by atoms with van der Waals surface area (Å²) in [6.45, 7) is 1.87. The number of aromatic amines is 1. The first kappa shape index (κ1) is 16.0. The van der Waals surface area contributed by atoms with Gasteiger partial charge in [-0.15, -0.1) is 0 Å². The maximum Gasteiger partial charge on any atom is 0.278 e. The number of hydrogen-bond donors (Lipinski definition) is 3. The summed E-state index contributed by atoms with van der Waals surface area (Å²) >= 11 is 0. The zero-order chi connectivity index (χ0) is 18.3. The van der Waals surface area contributed by atoms with Gasteiger partial charge in [0.25, 0.3) is 5.56 Å². The predicted molar refractivity (Wildman–Crippen MR) is 98.1 cm³/mol. The summed E-state index contributed by atoms with van der Waals surface area (Å²) in [6, 6.07) is 13.5. The molecule has 0 fully saturated rings. The average Bonchev–Trinajstić information content (AvgIpc) is 2.94.